The van der Waals surface area contributed by atoms with Gasteiger partial charge >= 0.3 is 0 Å². The average molecular weight is 413 g/mol. The summed E-state index contributed by atoms with van der Waals surface area (Å²) in [5, 5.41) is 1.55. The second-order valence-electron chi connectivity index (χ2n) is 9.29. The average Bonchev–Trinajstić information content (AvgIpc) is 2.72. The van der Waals surface area contributed by atoms with Crippen molar-refractivity contribution in [1.29, 1.82) is 0 Å². The highest BCUT2D eigenvalue weighted by Crippen LogP contribution is 2.25. The topological polar surface area (TPSA) is 27.7 Å². The van der Waals surface area contributed by atoms with Crippen molar-refractivity contribution in [2.45, 2.75) is 58.5 Å². The van der Waals surface area contributed by atoms with Crippen LogP contribution in [0.15, 0.2) is 48.5 Å². The zero-order chi connectivity index (χ0) is 20.9. The molecule has 158 valence electrons. The summed E-state index contributed by atoms with van der Waals surface area (Å²) in [6.45, 7) is 13.1. The molecule has 0 N–H and O–H groups in total. The van der Waals surface area contributed by atoms with Crippen LogP contribution in [0.5, 0.6) is 5.75 Å². The minimum Gasteiger partial charge on any atom is -0.493 e. The van der Waals surface area contributed by atoms with Crippen LogP contribution in [-0.4, -0.2) is 33.7 Å². The van der Waals surface area contributed by atoms with Crippen molar-refractivity contribution >= 4 is 13.3 Å². The summed E-state index contributed by atoms with van der Waals surface area (Å²) in [5.41, 5.74) is 2.49. The van der Waals surface area contributed by atoms with E-state index in [1.54, 1.807) is 5.19 Å². The Kier molecular flexibility index (Phi) is 7.20. The van der Waals surface area contributed by atoms with Crippen molar-refractivity contribution in [3.8, 4) is 16.9 Å². The Balaban J connectivity index is 1.56. The van der Waals surface area contributed by atoms with E-state index in [0.717, 1.165) is 5.75 Å². The molecule has 4 heteroatoms. The van der Waals surface area contributed by atoms with Gasteiger partial charge in [0.05, 0.1) is 27.9 Å². The van der Waals surface area contributed by atoms with Crippen molar-refractivity contribution in [3.05, 3.63) is 48.5 Å². The molecule has 0 amide bonds. The molecule has 0 bridgehead atoms. The van der Waals surface area contributed by atoms with E-state index in [9.17, 15) is 0 Å². The highest BCUT2D eigenvalue weighted by Gasteiger charge is 2.28. The summed E-state index contributed by atoms with van der Waals surface area (Å²) in [6, 6.07) is 19.0. The molecular weight excluding hydrogens is 376 g/mol. The molecule has 0 radical (unpaired) electrons. The number of hydrogen-bond donors (Lipinski definition) is 0. The first-order valence-electron chi connectivity index (χ1n) is 10.9. The van der Waals surface area contributed by atoms with Crippen molar-refractivity contribution in [2.75, 3.05) is 19.8 Å². The predicted molar refractivity (Wildman–Crippen MR) is 124 cm³/mol. The zero-order valence-electron chi connectivity index (χ0n) is 18.7. The Morgan fingerprint density at radius 3 is 2.03 bits per heavy atom. The Bertz CT molecular complexity index is 756. The lowest BCUT2D eigenvalue weighted by Gasteiger charge is -2.34. The number of benzene rings is 2. The molecule has 1 saturated heterocycles. The van der Waals surface area contributed by atoms with E-state index in [4.69, 9.17) is 14.2 Å². The first-order valence-corrected chi connectivity index (χ1v) is 14.1. The summed E-state index contributed by atoms with van der Waals surface area (Å²) < 4.78 is 17.3. The molecular formula is C25H36O3Si. The van der Waals surface area contributed by atoms with Crippen molar-refractivity contribution in [1.82, 2.24) is 0 Å². The highest BCUT2D eigenvalue weighted by molar-refractivity contribution is 6.89. The van der Waals surface area contributed by atoms with Crippen LogP contribution in [0.2, 0.25) is 19.1 Å². The first-order chi connectivity index (χ1) is 13.8. The summed E-state index contributed by atoms with van der Waals surface area (Å²) in [5.74, 6) is 0.695. The fourth-order valence-corrected chi connectivity index (χ4v) is 6.25. The molecule has 0 unspecified atom stereocenters. The normalized spacial score (nSPS) is 17.3. The molecule has 0 spiro atoms. The van der Waals surface area contributed by atoms with Crippen molar-refractivity contribution < 1.29 is 14.2 Å². The first kappa shape index (κ1) is 22.1. The van der Waals surface area contributed by atoms with Gasteiger partial charge in [-0.15, -0.1) is 0 Å². The lowest BCUT2D eigenvalue weighted by Crippen LogP contribution is -2.41. The van der Waals surface area contributed by atoms with Crippen LogP contribution >= 0.6 is 0 Å². The van der Waals surface area contributed by atoms with E-state index in [0.29, 0.717) is 19.8 Å². The van der Waals surface area contributed by atoms with E-state index in [1.165, 1.54) is 30.0 Å². The zero-order valence-corrected chi connectivity index (χ0v) is 19.7. The molecule has 1 aliphatic heterocycles. The molecule has 3 nitrogen and oxygen atoms in total. The molecule has 1 fully saturated rings. The Labute approximate surface area is 177 Å². The largest absolute Gasteiger partial charge is 0.493 e. The van der Waals surface area contributed by atoms with Gasteiger partial charge in [0, 0.05) is 5.92 Å². The standard InChI is InChI=1S/C25H36O3Si/c1-6-7-16-29(4,5)24-14-10-22(11-15-24)21-8-12-23(13-9-21)26-17-20-18-27-25(2,3)28-19-20/h8-15,20H,6-7,16-19H2,1-5H3. The molecule has 0 aliphatic carbocycles. The highest BCUT2D eigenvalue weighted by atomic mass is 28.3. The molecule has 2 aromatic rings. The number of unbranched alkanes of at least 4 members (excludes halogenated alkanes) is 1. The van der Waals surface area contributed by atoms with E-state index >= 15 is 0 Å². The fourth-order valence-electron chi connectivity index (χ4n) is 3.66. The van der Waals surface area contributed by atoms with Gasteiger partial charge in [0.2, 0.25) is 0 Å². The van der Waals surface area contributed by atoms with Gasteiger partial charge < -0.3 is 14.2 Å². The number of hydrogen-bond acceptors (Lipinski definition) is 3. The smallest absolute Gasteiger partial charge is 0.162 e. The van der Waals surface area contributed by atoms with Crippen LogP contribution in [0.25, 0.3) is 11.1 Å². The monoisotopic (exact) mass is 412 g/mol. The minimum atomic E-state index is -1.31. The summed E-state index contributed by atoms with van der Waals surface area (Å²) in [6.07, 6.45) is 2.61. The lowest BCUT2D eigenvalue weighted by atomic mass is 10.1. The molecule has 0 saturated carbocycles. The van der Waals surface area contributed by atoms with Gasteiger partial charge in [0.1, 0.15) is 5.75 Å². The van der Waals surface area contributed by atoms with Gasteiger partial charge in [0.15, 0.2) is 5.79 Å². The van der Waals surface area contributed by atoms with Crippen LogP contribution in [0.4, 0.5) is 0 Å². The Morgan fingerprint density at radius 2 is 1.48 bits per heavy atom. The van der Waals surface area contributed by atoms with Crippen LogP contribution in [0.1, 0.15) is 33.6 Å². The summed E-state index contributed by atoms with van der Waals surface area (Å²) >= 11 is 0. The summed E-state index contributed by atoms with van der Waals surface area (Å²) in [7, 11) is -1.31. The number of rotatable bonds is 8. The number of ether oxygens (including phenoxy) is 3. The molecule has 0 aromatic heterocycles. The third-order valence-corrected chi connectivity index (χ3v) is 9.33. The van der Waals surface area contributed by atoms with Crippen LogP contribution in [0.3, 0.4) is 0 Å². The van der Waals surface area contributed by atoms with Gasteiger partial charge in [-0.3, -0.25) is 0 Å². The predicted octanol–water partition coefficient (Wildman–Crippen LogP) is 5.85. The molecule has 2 aromatic carbocycles. The second kappa shape index (κ2) is 9.46. The maximum Gasteiger partial charge on any atom is 0.162 e. The quantitative estimate of drug-likeness (QED) is 0.509. The Morgan fingerprint density at radius 1 is 0.931 bits per heavy atom. The van der Waals surface area contributed by atoms with Crippen molar-refractivity contribution in [3.63, 3.8) is 0 Å². The second-order valence-corrected chi connectivity index (χ2v) is 14.1. The minimum absolute atomic E-state index is 0.274. The SMILES string of the molecule is CCCC[Si](C)(C)c1ccc(-c2ccc(OCC3COC(C)(C)OC3)cc2)cc1. The van der Waals surface area contributed by atoms with E-state index in [1.807, 2.05) is 13.8 Å². The maximum atomic E-state index is 5.95. The van der Waals surface area contributed by atoms with Gasteiger partial charge in [-0.2, -0.15) is 0 Å². The summed E-state index contributed by atoms with van der Waals surface area (Å²) in [4.78, 5) is 0. The lowest BCUT2D eigenvalue weighted by molar-refractivity contribution is -0.264. The van der Waals surface area contributed by atoms with E-state index in [2.05, 4.69) is 68.5 Å². The molecule has 29 heavy (non-hydrogen) atoms. The maximum absolute atomic E-state index is 5.95. The van der Waals surface area contributed by atoms with Crippen LogP contribution < -0.4 is 9.92 Å². The van der Waals surface area contributed by atoms with Gasteiger partial charge in [-0.25, -0.2) is 0 Å². The Hall–Kier alpha value is -1.62. The molecule has 1 heterocycles. The third-order valence-electron chi connectivity index (χ3n) is 5.83. The van der Waals surface area contributed by atoms with Crippen LogP contribution in [0, 0.1) is 5.92 Å². The van der Waals surface area contributed by atoms with Gasteiger partial charge in [-0.1, -0.05) is 80.5 Å². The van der Waals surface area contributed by atoms with Gasteiger partial charge in [-0.05, 0) is 37.1 Å². The third kappa shape index (κ3) is 6.18. The molecule has 3 rings (SSSR count). The molecule has 1 aliphatic rings. The van der Waals surface area contributed by atoms with Crippen LogP contribution in [-0.2, 0) is 9.47 Å². The van der Waals surface area contributed by atoms with E-state index < -0.39 is 13.9 Å². The van der Waals surface area contributed by atoms with E-state index in [-0.39, 0.29) is 5.92 Å². The van der Waals surface area contributed by atoms with Gasteiger partial charge in [0.25, 0.3) is 0 Å². The van der Waals surface area contributed by atoms with Crippen molar-refractivity contribution in [2.24, 2.45) is 5.92 Å². The molecule has 0 atom stereocenters. The fraction of sp³-hybridized carbons (Fsp3) is 0.520.